The summed E-state index contributed by atoms with van der Waals surface area (Å²) in [5, 5.41) is 0.509. The third-order valence-corrected chi connectivity index (χ3v) is 3.78. The van der Waals surface area contributed by atoms with Gasteiger partial charge in [-0.2, -0.15) is 0 Å². The monoisotopic (exact) mass is 310 g/mol. The molecule has 0 spiro atoms. The molecule has 0 radical (unpaired) electrons. The first-order chi connectivity index (χ1) is 9.85. The molecule has 1 aliphatic rings. The Labute approximate surface area is 131 Å². The number of pyridine rings is 1. The molecule has 0 aromatic carbocycles. The van der Waals surface area contributed by atoms with E-state index in [0.717, 1.165) is 37.8 Å². The van der Waals surface area contributed by atoms with Crippen LogP contribution in [0.25, 0.3) is 0 Å². The molecule has 0 bridgehead atoms. The van der Waals surface area contributed by atoms with Gasteiger partial charge >= 0.3 is 6.09 Å². The number of carbonyl (C=O) groups is 1. The summed E-state index contributed by atoms with van der Waals surface area (Å²) in [7, 11) is 0. The van der Waals surface area contributed by atoms with E-state index < -0.39 is 5.60 Å². The maximum atomic E-state index is 12.2. The van der Waals surface area contributed by atoms with Gasteiger partial charge in [-0.05, 0) is 58.1 Å². The van der Waals surface area contributed by atoms with E-state index in [4.69, 9.17) is 16.3 Å². The van der Waals surface area contributed by atoms with Gasteiger partial charge in [0.15, 0.2) is 0 Å². The fourth-order valence-corrected chi connectivity index (χ4v) is 2.70. The number of amides is 1. The molecule has 5 heteroatoms. The Morgan fingerprint density at radius 2 is 2.24 bits per heavy atom. The van der Waals surface area contributed by atoms with Gasteiger partial charge in [0.05, 0.1) is 0 Å². The highest BCUT2D eigenvalue weighted by Gasteiger charge is 2.31. The van der Waals surface area contributed by atoms with Crippen LogP contribution in [-0.4, -0.2) is 34.2 Å². The van der Waals surface area contributed by atoms with Crippen molar-refractivity contribution >= 4 is 17.7 Å². The van der Waals surface area contributed by atoms with Gasteiger partial charge in [0, 0.05) is 18.8 Å². The van der Waals surface area contributed by atoms with E-state index in [0.29, 0.717) is 5.15 Å². The molecule has 2 heterocycles. The molecule has 1 atom stereocenters. The van der Waals surface area contributed by atoms with Gasteiger partial charge in [-0.25, -0.2) is 9.78 Å². The molecule has 0 saturated carbocycles. The largest absolute Gasteiger partial charge is 0.444 e. The lowest BCUT2D eigenvalue weighted by Gasteiger charge is -2.28. The van der Waals surface area contributed by atoms with Crippen molar-refractivity contribution in [3.63, 3.8) is 0 Å². The smallest absolute Gasteiger partial charge is 0.410 e. The summed E-state index contributed by atoms with van der Waals surface area (Å²) in [6.45, 7) is 6.48. The van der Waals surface area contributed by atoms with Gasteiger partial charge in [0.25, 0.3) is 0 Å². The fourth-order valence-electron chi connectivity index (χ4n) is 2.58. The minimum atomic E-state index is -0.440. The van der Waals surface area contributed by atoms with Gasteiger partial charge in [0.1, 0.15) is 10.8 Å². The molecule has 1 amide bonds. The van der Waals surface area contributed by atoms with Crippen molar-refractivity contribution in [2.45, 2.75) is 58.1 Å². The van der Waals surface area contributed by atoms with Crippen molar-refractivity contribution in [1.82, 2.24) is 9.88 Å². The third kappa shape index (κ3) is 4.88. The molecule has 116 valence electrons. The number of hydrogen-bond acceptors (Lipinski definition) is 3. The molecule has 0 N–H and O–H groups in total. The van der Waals surface area contributed by atoms with Crippen molar-refractivity contribution in [3.05, 3.63) is 29.0 Å². The average molecular weight is 311 g/mol. The topological polar surface area (TPSA) is 42.4 Å². The Bertz CT molecular complexity index is 482. The second kappa shape index (κ2) is 6.65. The van der Waals surface area contributed by atoms with Crippen molar-refractivity contribution < 1.29 is 9.53 Å². The van der Waals surface area contributed by atoms with E-state index in [1.807, 2.05) is 31.7 Å². The lowest BCUT2D eigenvalue weighted by molar-refractivity contribution is 0.0220. The van der Waals surface area contributed by atoms with Gasteiger partial charge in [-0.15, -0.1) is 0 Å². The van der Waals surface area contributed by atoms with Crippen LogP contribution < -0.4 is 0 Å². The van der Waals surface area contributed by atoms with Crippen molar-refractivity contribution in [2.24, 2.45) is 0 Å². The highest BCUT2D eigenvalue weighted by molar-refractivity contribution is 6.29. The summed E-state index contributed by atoms with van der Waals surface area (Å²) < 4.78 is 5.48. The Hall–Kier alpha value is -1.29. The molecule has 1 aliphatic heterocycles. The molecule has 1 fully saturated rings. The first kappa shape index (κ1) is 16.1. The van der Waals surface area contributed by atoms with Crippen LogP contribution in [0, 0.1) is 0 Å². The van der Waals surface area contributed by atoms with E-state index in [1.54, 1.807) is 12.3 Å². The highest BCUT2D eigenvalue weighted by Crippen LogP contribution is 2.24. The summed E-state index contributed by atoms with van der Waals surface area (Å²) in [6.07, 6.45) is 5.52. The van der Waals surface area contributed by atoms with Crippen LogP contribution in [0.3, 0.4) is 0 Å². The van der Waals surface area contributed by atoms with Gasteiger partial charge in [-0.1, -0.05) is 17.7 Å². The summed E-state index contributed by atoms with van der Waals surface area (Å²) in [6, 6.07) is 4.05. The number of nitrogens with zero attached hydrogens (tertiary/aromatic N) is 2. The second-order valence-electron chi connectivity index (χ2n) is 6.50. The molecular weight excluding hydrogens is 288 g/mol. The number of rotatable bonds is 3. The van der Waals surface area contributed by atoms with E-state index in [1.165, 1.54) is 0 Å². The van der Waals surface area contributed by atoms with Gasteiger partial charge < -0.3 is 9.64 Å². The highest BCUT2D eigenvalue weighted by atomic mass is 35.5. The zero-order chi connectivity index (χ0) is 15.5. The maximum Gasteiger partial charge on any atom is 0.410 e. The third-order valence-electron chi connectivity index (χ3n) is 3.56. The Balaban J connectivity index is 1.90. The number of likely N-dealkylation sites (tertiary alicyclic amines) is 1. The van der Waals surface area contributed by atoms with Crippen LogP contribution in [0.15, 0.2) is 18.3 Å². The summed E-state index contributed by atoms with van der Waals surface area (Å²) >= 11 is 5.78. The van der Waals surface area contributed by atoms with Gasteiger partial charge in [0.2, 0.25) is 0 Å². The summed E-state index contributed by atoms with van der Waals surface area (Å²) in [5.41, 5.74) is 0.708. The Morgan fingerprint density at radius 3 is 2.86 bits per heavy atom. The Morgan fingerprint density at radius 1 is 1.48 bits per heavy atom. The molecular formula is C16H23ClN2O2. The van der Waals surface area contributed by atoms with Gasteiger partial charge in [-0.3, -0.25) is 0 Å². The van der Waals surface area contributed by atoms with E-state index in [2.05, 4.69) is 4.98 Å². The standard InChI is InChI=1S/C16H23ClN2O2/c1-16(2,3)21-15(20)19-10-4-5-13(19)8-6-12-7-9-14(17)18-11-12/h7,9,11,13H,4-6,8,10H2,1-3H3. The number of halogens is 1. The van der Waals surface area contributed by atoms with Crippen LogP contribution in [0.1, 0.15) is 45.6 Å². The predicted octanol–water partition coefficient (Wildman–Crippen LogP) is 4.07. The first-order valence-corrected chi connectivity index (χ1v) is 7.83. The number of aryl methyl sites for hydroxylation is 1. The Kier molecular flexibility index (Phi) is 5.09. The first-order valence-electron chi connectivity index (χ1n) is 7.45. The van der Waals surface area contributed by atoms with Crippen molar-refractivity contribution in [3.8, 4) is 0 Å². The normalized spacial score (nSPS) is 18.9. The van der Waals surface area contributed by atoms with E-state index in [9.17, 15) is 4.79 Å². The maximum absolute atomic E-state index is 12.2. The number of hydrogen-bond donors (Lipinski definition) is 0. The lowest BCUT2D eigenvalue weighted by atomic mass is 10.1. The zero-order valence-electron chi connectivity index (χ0n) is 12.9. The molecule has 1 aromatic rings. The predicted molar refractivity (Wildman–Crippen MR) is 83.5 cm³/mol. The molecule has 1 unspecified atom stereocenters. The lowest BCUT2D eigenvalue weighted by Crippen LogP contribution is -2.40. The fraction of sp³-hybridized carbons (Fsp3) is 0.625. The summed E-state index contributed by atoms with van der Waals surface area (Å²) in [5.74, 6) is 0. The van der Waals surface area contributed by atoms with Crippen LogP contribution in [0.2, 0.25) is 5.15 Å². The number of ether oxygens (including phenoxy) is 1. The molecule has 1 aromatic heterocycles. The van der Waals surface area contributed by atoms with Crippen LogP contribution >= 0.6 is 11.6 Å². The minimum absolute atomic E-state index is 0.195. The van der Waals surface area contributed by atoms with E-state index >= 15 is 0 Å². The quantitative estimate of drug-likeness (QED) is 0.790. The summed E-state index contributed by atoms with van der Waals surface area (Å²) in [4.78, 5) is 18.2. The number of carbonyl (C=O) groups excluding carboxylic acids is 1. The molecule has 2 rings (SSSR count). The zero-order valence-corrected chi connectivity index (χ0v) is 13.7. The van der Waals surface area contributed by atoms with Crippen LogP contribution in [0.5, 0.6) is 0 Å². The molecule has 1 saturated heterocycles. The number of aromatic nitrogens is 1. The van der Waals surface area contributed by atoms with Crippen molar-refractivity contribution in [1.29, 1.82) is 0 Å². The van der Waals surface area contributed by atoms with Crippen molar-refractivity contribution in [2.75, 3.05) is 6.54 Å². The SMILES string of the molecule is CC(C)(C)OC(=O)N1CCCC1CCc1ccc(Cl)nc1. The van der Waals surface area contributed by atoms with Crippen LogP contribution in [-0.2, 0) is 11.2 Å². The van der Waals surface area contributed by atoms with Crippen LogP contribution in [0.4, 0.5) is 4.79 Å². The van der Waals surface area contributed by atoms with E-state index in [-0.39, 0.29) is 12.1 Å². The molecule has 0 aliphatic carbocycles. The average Bonchev–Trinajstić information content (AvgIpc) is 2.84. The minimum Gasteiger partial charge on any atom is -0.444 e. The second-order valence-corrected chi connectivity index (χ2v) is 6.88. The molecule has 4 nitrogen and oxygen atoms in total. The molecule has 21 heavy (non-hydrogen) atoms.